The van der Waals surface area contributed by atoms with Gasteiger partial charge in [-0.1, -0.05) is 55.4 Å². The molecule has 0 aliphatic rings. The molecule has 0 spiro atoms. The third-order valence-electron chi connectivity index (χ3n) is 3.99. The van der Waals surface area contributed by atoms with Crippen molar-refractivity contribution < 1.29 is 8.85 Å². The van der Waals surface area contributed by atoms with E-state index >= 15 is 0 Å². The van der Waals surface area contributed by atoms with Gasteiger partial charge in [0.15, 0.2) is 0 Å². The van der Waals surface area contributed by atoms with E-state index in [1.54, 1.807) is 14.2 Å². The van der Waals surface area contributed by atoms with E-state index in [4.69, 9.17) is 8.85 Å². The van der Waals surface area contributed by atoms with E-state index in [9.17, 15) is 0 Å². The van der Waals surface area contributed by atoms with Gasteiger partial charge in [-0.2, -0.15) is 0 Å². The van der Waals surface area contributed by atoms with Crippen LogP contribution in [0.1, 0.15) is 74.7 Å². The molecule has 1 unspecified atom stereocenters. The second-order valence-corrected chi connectivity index (χ2v) is 12.0. The van der Waals surface area contributed by atoms with E-state index in [-0.39, 0.29) is 0 Å². The van der Waals surface area contributed by atoms with E-state index < -0.39 is 9.28 Å². The molecule has 1 atom stereocenters. The highest BCUT2D eigenvalue weighted by atomic mass is 28.3. The zero-order chi connectivity index (χ0) is 16.9. The normalized spacial score (nSPS) is 15.6. The van der Waals surface area contributed by atoms with Crippen molar-refractivity contribution in [2.75, 3.05) is 14.2 Å². The van der Waals surface area contributed by atoms with Gasteiger partial charge in [-0.25, -0.2) is 0 Å². The molecule has 2 nitrogen and oxygen atoms in total. The second-order valence-electron chi connectivity index (χ2n) is 9.69. The fourth-order valence-electron chi connectivity index (χ4n) is 4.51. The maximum absolute atomic E-state index is 5.47. The number of rotatable bonds is 9. The van der Waals surface area contributed by atoms with Crippen LogP contribution in [-0.4, -0.2) is 23.5 Å². The van der Waals surface area contributed by atoms with Crippen molar-refractivity contribution in [2.45, 2.75) is 80.7 Å². The average molecular weight is 317 g/mol. The Morgan fingerprint density at radius 3 is 1.67 bits per heavy atom. The van der Waals surface area contributed by atoms with E-state index in [0.29, 0.717) is 22.2 Å². The molecular formula is C18H40O2Si. The van der Waals surface area contributed by atoms with Crippen molar-refractivity contribution in [1.29, 1.82) is 0 Å². The highest BCUT2D eigenvalue weighted by Crippen LogP contribution is 2.44. The molecule has 0 fully saturated rings. The average Bonchev–Trinajstić information content (AvgIpc) is 2.19. The lowest BCUT2D eigenvalue weighted by Crippen LogP contribution is -2.30. The Morgan fingerprint density at radius 1 is 0.810 bits per heavy atom. The molecular weight excluding hydrogens is 276 g/mol. The summed E-state index contributed by atoms with van der Waals surface area (Å²) in [5.74, 6) is 0.669. The van der Waals surface area contributed by atoms with Crippen LogP contribution in [0.3, 0.4) is 0 Å². The SMILES string of the molecule is CO[SiH](CC(C)CC(C)(C)CC(C)(C)CC(C)(C)C)OC. The van der Waals surface area contributed by atoms with Crippen LogP contribution in [0.25, 0.3) is 0 Å². The molecule has 0 aromatic carbocycles. The minimum absolute atomic E-state index is 0.370. The quantitative estimate of drug-likeness (QED) is 0.530. The fraction of sp³-hybridized carbons (Fsp3) is 1.00. The van der Waals surface area contributed by atoms with Crippen molar-refractivity contribution in [3.8, 4) is 0 Å². The first kappa shape index (κ1) is 21.1. The van der Waals surface area contributed by atoms with Crippen molar-refractivity contribution in [3.63, 3.8) is 0 Å². The lowest BCUT2D eigenvalue weighted by atomic mass is 9.66. The van der Waals surface area contributed by atoms with Crippen LogP contribution in [0.15, 0.2) is 0 Å². The van der Waals surface area contributed by atoms with Crippen LogP contribution in [-0.2, 0) is 8.85 Å². The minimum atomic E-state index is -1.43. The molecule has 0 heterocycles. The molecule has 0 saturated carbocycles. The molecule has 21 heavy (non-hydrogen) atoms. The summed E-state index contributed by atoms with van der Waals surface area (Å²) in [6.45, 7) is 19.1. The highest BCUT2D eigenvalue weighted by molar-refractivity contribution is 6.44. The Bertz CT molecular complexity index is 288. The first-order chi connectivity index (χ1) is 9.30. The number of hydrogen-bond acceptors (Lipinski definition) is 2. The third kappa shape index (κ3) is 10.5. The van der Waals surface area contributed by atoms with Gasteiger partial charge >= 0.3 is 9.28 Å². The Morgan fingerprint density at radius 2 is 1.29 bits per heavy atom. The van der Waals surface area contributed by atoms with Gasteiger partial charge in [0.1, 0.15) is 0 Å². The molecule has 3 heteroatoms. The van der Waals surface area contributed by atoms with Crippen molar-refractivity contribution in [1.82, 2.24) is 0 Å². The fourth-order valence-corrected chi connectivity index (χ4v) is 5.91. The molecule has 0 bridgehead atoms. The zero-order valence-electron chi connectivity index (χ0n) is 16.3. The smallest absolute Gasteiger partial charge is 0.321 e. The van der Waals surface area contributed by atoms with E-state index in [1.165, 1.54) is 19.3 Å². The topological polar surface area (TPSA) is 18.5 Å². The summed E-state index contributed by atoms with van der Waals surface area (Å²) in [5.41, 5.74) is 1.16. The largest absolute Gasteiger partial charge is 0.400 e. The van der Waals surface area contributed by atoms with Crippen LogP contribution < -0.4 is 0 Å². The Hall–Kier alpha value is 0.137. The van der Waals surface area contributed by atoms with Gasteiger partial charge in [-0.15, -0.1) is 0 Å². The van der Waals surface area contributed by atoms with Crippen molar-refractivity contribution >= 4 is 9.28 Å². The lowest BCUT2D eigenvalue weighted by molar-refractivity contribution is 0.116. The van der Waals surface area contributed by atoms with Crippen molar-refractivity contribution in [3.05, 3.63) is 0 Å². The molecule has 128 valence electrons. The zero-order valence-corrected chi connectivity index (χ0v) is 17.5. The van der Waals surface area contributed by atoms with Crippen LogP contribution in [0, 0.1) is 22.2 Å². The Kier molecular flexibility index (Phi) is 8.17. The summed E-state index contributed by atoms with van der Waals surface area (Å²) >= 11 is 0. The van der Waals surface area contributed by atoms with Crippen LogP contribution in [0.2, 0.25) is 6.04 Å². The maximum atomic E-state index is 5.47. The maximum Gasteiger partial charge on any atom is 0.321 e. The summed E-state index contributed by atoms with van der Waals surface area (Å²) in [5, 5.41) is 0. The van der Waals surface area contributed by atoms with Gasteiger partial charge in [0, 0.05) is 14.2 Å². The molecule has 0 aliphatic carbocycles. The molecule has 0 radical (unpaired) electrons. The first-order valence-corrected chi connectivity index (χ1v) is 10.1. The van der Waals surface area contributed by atoms with Gasteiger partial charge in [0.25, 0.3) is 0 Å². The molecule has 0 N–H and O–H groups in total. The Balaban J connectivity index is 4.54. The van der Waals surface area contributed by atoms with E-state index in [0.717, 1.165) is 6.04 Å². The first-order valence-electron chi connectivity index (χ1n) is 8.36. The molecule has 0 saturated heterocycles. The summed E-state index contributed by atoms with van der Waals surface area (Å²) in [6, 6.07) is 1.11. The van der Waals surface area contributed by atoms with Gasteiger partial charge in [0.2, 0.25) is 0 Å². The predicted molar refractivity (Wildman–Crippen MR) is 96.0 cm³/mol. The molecule has 0 aromatic heterocycles. The Labute approximate surface area is 135 Å². The van der Waals surface area contributed by atoms with Gasteiger partial charge < -0.3 is 8.85 Å². The second kappa shape index (κ2) is 8.12. The highest BCUT2D eigenvalue weighted by Gasteiger charge is 2.33. The standard InChI is InChI=1S/C18H40O2Si/c1-15(12-21(19-9)20-10)11-17(5,6)14-18(7,8)13-16(2,3)4/h15,21H,11-14H2,1-10H3. The minimum Gasteiger partial charge on any atom is -0.400 e. The van der Waals surface area contributed by atoms with E-state index in [1.807, 2.05) is 0 Å². The van der Waals surface area contributed by atoms with Crippen LogP contribution >= 0.6 is 0 Å². The predicted octanol–water partition coefficient (Wildman–Crippen LogP) is 5.40. The van der Waals surface area contributed by atoms with Gasteiger partial charge in [-0.05, 0) is 47.5 Å². The van der Waals surface area contributed by atoms with Crippen molar-refractivity contribution in [2.24, 2.45) is 22.2 Å². The summed E-state index contributed by atoms with van der Waals surface area (Å²) in [7, 11) is 2.14. The molecule has 0 aliphatic heterocycles. The monoisotopic (exact) mass is 316 g/mol. The van der Waals surface area contributed by atoms with E-state index in [2.05, 4.69) is 55.4 Å². The third-order valence-corrected chi connectivity index (χ3v) is 6.23. The summed E-state index contributed by atoms with van der Waals surface area (Å²) in [6.07, 6.45) is 3.79. The molecule has 0 aromatic rings. The van der Waals surface area contributed by atoms with Crippen LogP contribution in [0.4, 0.5) is 0 Å². The van der Waals surface area contributed by atoms with Crippen LogP contribution in [0.5, 0.6) is 0 Å². The van der Waals surface area contributed by atoms with Gasteiger partial charge in [0.05, 0.1) is 0 Å². The summed E-state index contributed by atoms with van der Waals surface area (Å²) < 4.78 is 10.9. The number of hydrogen-bond donors (Lipinski definition) is 0. The van der Waals surface area contributed by atoms with Gasteiger partial charge in [-0.3, -0.25) is 0 Å². The summed E-state index contributed by atoms with van der Waals surface area (Å²) in [4.78, 5) is 0. The molecule has 0 rings (SSSR count). The lowest BCUT2D eigenvalue weighted by Gasteiger charge is -2.40. The molecule has 0 amide bonds.